The SMILES string of the molecule is COc1ccc(NC(=O)CN(C)Sc2cc(C)ccc2[N+](=O)[O-])cc1Cl. The zero-order chi connectivity index (χ0) is 19.3. The summed E-state index contributed by atoms with van der Waals surface area (Å²) in [5, 5.41) is 14.3. The van der Waals surface area contributed by atoms with Crippen LogP contribution in [0.15, 0.2) is 41.3 Å². The number of hydrogen-bond donors (Lipinski definition) is 1. The number of carbonyl (C=O) groups excluding carboxylic acids is 1. The second-order valence-electron chi connectivity index (χ2n) is 5.50. The van der Waals surface area contributed by atoms with Gasteiger partial charge in [0.1, 0.15) is 10.6 Å². The lowest BCUT2D eigenvalue weighted by atomic mass is 10.2. The van der Waals surface area contributed by atoms with Crippen LogP contribution in [0.4, 0.5) is 11.4 Å². The van der Waals surface area contributed by atoms with Gasteiger partial charge in [0.15, 0.2) is 0 Å². The number of hydrogen-bond acceptors (Lipinski definition) is 6. The normalized spacial score (nSPS) is 10.7. The molecular weight excluding hydrogens is 378 g/mol. The van der Waals surface area contributed by atoms with Crippen molar-refractivity contribution in [1.82, 2.24) is 4.31 Å². The van der Waals surface area contributed by atoms with Crippen molar-refractivity contribution >= 4 is 40.8 Å². The molecule has 0 aliphatic carbocycles. The van der Waals surface area contributed by atoms with Gasteiger partial charge >= 0.3 is 0 Å². The lowest BCUT2D eigenvalue weighted by molar-refractivity contribution is -0.387. The molecule has 2 rings (SSSR count). The second-order valence-corrected chi connectivity index (χ2v) is 7.16. The number of benzene rings is 2. The van der Waals surface area contributed by atoms with Crippen LogP contribution >= 0.6 is 23.5 Å². The van der Waals surface area contributed by atoms with Crippen LogP contribution in [-0.4, -0.2) is 35.8 Å². The van der Waals surface area contributed by atoms with Crippen LogP contribution in [0.5, 0.6) is 5.75 Å². The Balaban J connectivity index is 2.00. The molecule has 0 aromatic heterocycles. The largest absolute Gasteiger partial charge is 0.495 e. The highest BCUT2D eigenvalue weighted by molar-refractivity contribution is 7.97. The molecule has 1 amide bonds. The molecule has 0 aliphatic rings. The summed E-state index contributed by atoms with van der Waals surface area (Å²) in [5.74, 6) is 0.251. The summed E-state index contributed by atoms with van der Waals surface area (Å²) in [4.78, 5) is 23.4. The first-order chi connectivity index (χ1) is 12.3. The number of carbonyl (C=O) groups is 1. The third-order valence-corrected chi connectivity index (χ3v) is 4.63. The first-order valence-corrected chi connectivity index (χ1v) is 8.73. The van der Waals surface area contributed by atoms with E-state index in [1.54, 1.807) is 41.7 Å². The summed E-state index contributed by atoms with van der Waals surface area (Å²) in [7, 11) is 3.20. The lowest BCUT2D eigenvalue weighted by Gasteiger charge is -2.16. The molecule has 138 valence electrons. The van der Waals surface area contributed by atoms with E-state index < -0.39 is 4.92 Å². The van der Waals surface area contributed by atoms with Gasteiger partial charge in [-0.1, -0.05) is 17.7 Å². The smallest absolute Gasteiger partial charge is 0.284 e. The van der Waals surface area contributed by atoms with Gasteiger partial charge in [0.25, 0.3) is 5.69 Å². The Labute approximate surface area is 160 Å². The van der Waals surface area contributed by atoms with Gasteiger partial charge in [-0.3, -0.25) is 14.9 Å². The summed E-state index contributed by atoms with van der Waals surface area (Å²) in [5.41, 5.74) is 1.46. The Bertz CT molecular complexity index is 832. The Morgan fingerprint density at radius 2 is 2.08 bits per heavy atom. The molecular formula is C17H18ClN3O4S. The minimum Gasteiger partial charge on any atom is -0.495 e. The van der Waals surface area contributed by atoms with Crippen LogP contribution in [0.3, 0.4) is 0 Å². The highest BCUT2D eigenvalue weighted by atomic mass is 35.5. The molecule has 0 aliphatic heterocycles. The molecule has 0 atom stereocenters. The fourth-order valence-electron chi connectivity index (χ4n) is 2.19. The molecule has 26 heavy (non-hydrogen) atoms. The topological polar surface area (TPSA) is 84.7 Å². The molecule has 2 aromatic rings. The number of halogens is 1. The van der Waals surface area contributed by atoms with Crippen molar-refractivity contribution in [2.45, 2.75) is 11.8 Å². The predicted molar refractivity (Wildman–Crippen MR) is 103 cm³/mol. The van der Waals surface area contributed by atoms with Gasteiger partial charge in [0.2, 0.25) is 5.91 Å². The van der Waals surface area contributed by atoms with Gasteiger partial charge in [0.05, 0.1) is 23.6 Å². The highest BCUT2D eigenvalue weighted by Crippen LogP contribution is 2.32. The average Bonchev–Trinajstić information content (AvgIpc) is 2.54. The number of nitro benzene ring substituents is 1. The molecule has 0 fully saturated rings. The molecule has 0 spiro atoms. The van der Waals surface area contributed by atoms with Crippen LogP contribution in [0, 0.1) is 17.0 Å². The van der Waals surface area contributed by atoms with Crippen molar-refractivity contribution in [3.05, 3.63) is 57.1 Å². The summed E-state index contributed by atoms with van der Waals surface area (Å²) in [6.45, 7) is 1.90. The van der Waals surface area contributed by atoms with Crippen LogP contribution in [0.2, 0.25) is 5.02 Å². The molecule has 1 N–H and O–H groups in total. The standard InChI is InChI=1S/C17H18ClN3O4S/c1-11-4-6-14(21(23)24)16(8-11)26-20(2)10-17(22)19-12-5-7-15(25-3)13(18)9-12/h4-9H,10H2,1-3H3,(H,19,22). The minimum absolute atomic E-state index is 0.00907. The van der Waals surface area contributed by atoms with E-state index in [-0.39, 0.29) is 18.1 Å². The number of nitrogens with one attached hydrogen (secondary N) is 1. The fourth-order valence-corrected chi connectivity index (χ4v) is 3.44. The fraction of sp³-hybridized carbons (Fsp3) is 0.235. The number of methoxy groups -OCH3 is 1. The predicted octanol–water partition coefficient (Wildman–Crippen LogP) is 4.14. The molecule has 0 saturated heterocycles. The Morgan fingerprint density at radius 3 is 2.69 bits per heavy atom. The van der Waals surface area contributed by atoms with Crippen LogP contribution in [0.25, 0.3) is 0 Å². The Hall–Kier alpha value is -2.29. The van der Waals surface area contributed by atoms with Crippen molar-refractivity contribution in [2.24, 2.45) is 0 Å². The van der Waals surface area contributed by atoms with Gasteiger partial charge in [0, 0.05) is 11.8 Å². The number of rotatable bonds is 7. The third-order valence-electron chi connectivity index (χ3n) is 3.37. The monoisotopic (exact) mass is 395 g/mol. The van der Waals surface area contributed by atoms with Crippen molar-refractivity contribution in [3.63, 3.8) is 0 Å². The first-order valence-electron chi connectivity index (χ1n) is 7.57. The number of likely N-dealkylation sites (N-methyl/N-ethyl adjacent to an activating group) is 1. The van der Waals surface area contributed by atoms with Crippen molar-refractivity contribution in [1.29, 1.82) is 0 Å². The van der Waals surface area contributed by atoms with E-state index in [2.05, 4.69) is 5.32 Å². The summed E-state index contributed by atoms with van der Waals surface area (Å²) in [6, 6.07) is 9.80. The molecule has 9 heteroatoms. The van der Waals surface area contributed by atoms with Gasteiger partial charge in [-0.05, 0) is 55.7 Å². The molecule has 7 nitrogen and oxygen atoms in total. The van der Waals surface area contributed by atoms with E-state index in [1.807, 2.05) is 6.92 Å². The van der Waals surface area contributed by atoms with E-state index in [9.17, 15) is 14.9 Å². The molecule has 2 aromatic carbocycles. The number of ether oxygens (including phenoxy) is 1. The molecule has 0 unspecified atom stereocenters. The van der Waals surface area contributed by atoms with Gasteiger partial charge in [-0.25, -0.2) is 4.31 Å². The molecule has 0 radical (unpaired) electrons. The van der Waals surface area contributed by atoms with Crippen molar-refractivity contribution in [2.75, 3.05) is 26.0 Å². The van der Waals surface area contributed by atoms with Crippen LogP contribution in [0.1, 0.15) is 5.56 Å². The van der Waals surface area contributed by atoms with E-state index in [0.29, 0.717) is 21.4 Å². The quantitative estimate of drug-likeness (QED) is 0.430. The van der Waals surface area contributed by atoms with Crippen LogP contribution in [-0.2, 0) is 4.79 Å². The molecule has 0 bridgehead atoms. The van der Waals surface area contributed by atoms with Crippen LogP contribution < -0.4 is 10.1 Å². The maximum Gasteiger partial charge on any atom is 0.284 e. The highest BCUT2D eigenvalue weighted by Gasteiger charge is 2.17. The number of anilines is 1. The maximum atomic E-state index is 12.2. The van der Waals surface area contributed by atoms with Gasteiger partial charge in [-0.2, -0.15) is 0 Å². The second kappa shape index (κ2) is 8.88. The summed E-state index contributed by atoms with van der Waals surface area (Å²) < 4.78 is 6.69. The zero-order valence-corrected chi connectivity index (χ0v) is 16.1. The average molecular weight is 396 g/mol. The minimum atomic E-state index is -0.435. The molecule has 0 heterocycles. The Kier molecular flexibility index (Phi) is 6.84. The molecule has 0 saturated carbocycles. The summed E-state index contributed by atoms with van der Waals surface area (Å²) >= 11 is 7.18. The van der Waals surface area contributed by atoms with E-state index in [0.717, 1.165) is 17.5 Å². The lowest BCUT2D eigenvalue weighted by Crippen LogP contribution is -2.25. The van der Waals surface area contributed by atoms with Gasteiger partial charge in [-0.15, -0.1) is 0 Å². The van der Waals surface area contributed by atoms with Crippen molar-refractivity contribution in [3.8, 4) is 5.75 Å². The van der Waals surface area contributed by atoms with Gasteiger partial charge < -0.3 is 10.1 Å². The maximum absolute atomic E-state index is 12.2. The third kappa shape index (κ3) is 5.35. The van der Waals surface area contributed by atoms with E-state index in [4.69, 9.17) is 16.3 Å². The number of amides is 1. The number of nitro groups is 1. The first kappa shape index (κ1) is 20.0. The zero-order valence-electron chi connectivity index (χ0n) is 14.5. The Morgan fingerprint density at radius 1 is 1.35 bits per heavy atom. The summed E-state index contributed by atoms with van der Waals surface area (Å²) in [6.07, 6.45) is 0. The number of aryl methyl sites for hydroxylation is 1. The van der Waals surface area contributed by atoms with Crippen molar-refractivity contribution < 1.29 is 14.5 Å². The van der Waals surface area contributed by atoms with E-state index in [1.165, 1.54) is 13.2 Å². The van der Waals surface area contributed by atoms with E-state index >= 15 is 0 Å². The number of nitrogens with zero attached hydrogens (tertiary/aromatic N) is 2.